The molecular weight excluding hydrogens is 414 g/mol. The number of aromatic nitrogens is 5. The minimum absolute atomic E-state index is 0.503. The molecule has 0 saturated carbocycles. The second kappa shape index (κ2) is 7.43. The number of nitrogens with one attached hydrogen (secondary N) is 1. The fraction of sp³-hybridized carbons (Fsp3) is 0.111. The van der Waals surface area contributed by atoms with Crippen LogP contribution in [-0.4, -0.2) is 25.4 Å². The van der Waals surface area contributed by atoms with Crippen LogP contribution in [0.15, 0.2) is 62.6 Å². The van der Waals surface area contributed by atoms with Crippen LogP contribution in [-0.2, 0) is 5.75 Å². The van der Waals surface area contributed by atoms with Crippen LogP contribution < -0.4 is 0 Å². The van der Waals surface area contributed by atoms with E-state index < -0.39 is 0 Å². The van der Waals surface area contributed by atoms with Crippen LogP contribution in [0, 0.1) is 6.92 Å². The number of aryl methyl sites for hydroxylation is 1. The van der Waals surface area contributed by atoms with Crippen LogP contribution in [0.1, 0.15) is 11.5 Å². The lowest BCUT2D eigenvalue weighted by atomic mass is 10.1. The maximum absolute atomic E-state index is 5.71. The third kappa shape index (κ3) is 3.86. The fourth-order valence-corrected chi connectivity index (χ4v) is 3.20. The summed E-state index contributed by atoms with van der Waals surface area (Å²) in [5.74, 6) is 2.29. The Bertz CT molecular complexity index is 927. The maximum atomic E-state index is 5.71. The van der Waals surface area contributed by atoms with Crippen LogP contribution in [0.25, 0.3) is 22.8 Å². The fourth-order valence-electron chi connectivity index (χ4n) is 2.30. The molecule has 4 aromatic rings. The van der Waals surface area contributed by atoms with Crippen molar-refractivity contribution < 1.29 is 4.42 Å². The molecule has 2 heterocycles. The molecule has 2 aromatic carbocycles. The predicted molar refractivity (Wildman–Crippen MR) is 104 cm³/mol. The first kappa shape index (κ1) is 17.0. The van der Waals surface area contributed by atoms with E-state index in [9.17, 15) is 0 Å². The number of thioether (sulfide) groups is 1. The van der Waals surface area contributed by atoms with Crippen LogP contribution in [0.2, 0.25) is 0 Å². The van der Waals surface area contributed by atoms with Gasteiger partial charge in [0.1, 0.15) is 0 Å². The SMILES string of the molecule is Cc1ccc(-c2nc(SCc3nnc(-c4ccc(Br)cc4)o3)n[nH]2)cc1. The number of nitrogens with zero attached hydrogens (tertiary/aromatic N) is 4. The van der Waals surface area contributed by atoms with Crippen LogP contribution >= 0.6 is 27.7 Å². The summed E-state index contributed by atoms with van der Waals surface area (Å²) in [6, 6.07) is 15.9. The van der Waals surface area contributed by atoms with Gasteiger partial charge in [-0.25, -0.2) is 4.98 Å². The number of hydrogen-bond donors (Lipinski definition) is 1. The molecular formula is C18H14BrN5OS. The zero-order valence-corrected chi connectivity index (χ0v) is 16.2. The Kier molecular flexibility index (Phi) is 4.85. The summed E-state index contributed by atoms with van der Waals surface area (Å²) >= 11 is 4.86. The molecule has 0 aliphatic carbocycles. The predicted octanol–water partition coefficient (Wildman–Crippen LogP) is 4.88. The summed E-state index contributed by atoms with van der Waals surface area (Å²) in [4.78, 5) is 4.50. The van der Waals surface area contributed by atoms with Gasteiger partial charge in [-0.1, -0.05) is 57.5 Å². The van der Waals surface area contributed by atoms with Crippen LogP contribution in [0.5, 0.6) is 0 Å². The molecule has 0 unspecified atom stereocenters. The van der Waals surface area contributed by atoms with Gasteiger partial charge >= 0.3 is 0 Å². The largest absolute Gasteiger partial charge is 0.420 e. The second-order valence-corrected chi connectivity index (χ2v) is 7.49. The van der Waals surface area contributed by atoms with Crippen molar-refractivity contribution in [1.29, 1.82) is 0 Å². The van der Waals surface area contributed by atoms with Gasteiger partial charge in [0.05, 0.1) is 5.75 Å². The van der Waals surface area contributed by atoms with E-state index >= 15 is 0 Å². The summed E-state index contributed by atoms with van der Waals surface area (Å²) in [5, 5.41) is 16.0. The summed E-state index contributed by atoms with van der Waals surface area (Å²) in [5.41, 5.74) is 3.10. The van der Waals surface area contributed by atoms with Crippen molar-refractivity contribution >= 4 is 27.7 Å². The maximum Gasteiger partial charge on any atom is 0.247 e. The molecule has 6 nitrogen and oxygen atoms in total. The second-order valence-electron chi connectivity index (χ2n) is 5.63. The zero-order valence-electron chi connectivity index (χ0n) is 13.8. The Morgan fingerprint density at radius 2 is 1.73 bits per heavy atom. The summed E-state index contributed by atoms with van der Waals surface area (Å²) in [6.45, 7) is 2.05. The van der Waals surface area contributed by atoms with Crippen molar-refractivity contribution in [3.8, 4) is 22.8 Å². The van der Waals surface area contributed by atoms with E-state index in [2.05, 4.69) is 48.2 Å². The smallest absolute Gasteiger partial charge is 0.247 e. The third-order valence-corrected chi connectivity index (χ3v) is 5.03. The van der Waals surface area contributed by atoms with Crippen molar-refractivity contribution in [2.24, 2.45) is 0 Å². The van der Waals surface area contributed by atoms with E-state index in [0.717, 1.165) is 21.4 Å². The van der Waals surface area contributed by atoms with Crippen molar-refractivity contribution in [2.75, 3.05) is 0 Å². The monoisotopic (exact) mass is 427 g/mol. The van der Waals surface area contributed by atoms with E-state index in [1.165, 1.54) is 17.3 Å². The molecule has 0 radical (unpaired) electrons. The van der Waals surface area contributed by atoms with Crippen molar-refractivity contribution in [3.63, 3.8) is 0 Å². The molecule has 130 valence electrons. The number of benzene rings is 2. The molecule has 0 aliphatic rings. The van der Waals surface area contributed by atoms with Gasteiger partial charge in [-0.15, -0.1) is 15.3 Å². The van der Waals surface area contributed by atoms with E-state index in [4.69, 9.17) is 4.42 Å². The average Bonchev–Trinajstić information content (AvgIpc) is 3.31. The van der Waals surface area contributed by atoms with Crippen LogP contribution in [0.3, 0.4) is 0 Å². The minimum Gasteiger partial charge on any atom is -0.420 e. The molecule has 0 bridgehead atoms. The highest BCUT2D eigenvalue weighted by atomic mass is 79.9. The molecule has 4 rings (SSSR count). The van der Waals surface area contributed by atoms with Gasteiger partial charge in [-0.05, 0) is 31.2 Å². The highest BCUT2D eigenvalue weighted by molar-refractivity contribution is 9.10. The first-order chi connectivity index (χ1) is 12.7. The quantitative estimate of drug-likeness (QED) is 0.456. The van der Waals surface area contributed by atoms with Gasteiger partial charge in [-0.3, -0.25) is 5.10 Å². The Labute approximate surface area is 162 Å². The van der Waals surface area contributed by atoms with Gasteiger partial charge in [0.25, 0.3) is 0 Å². The molecule has 2 aromatic heterocycles. The summed E-state index contributed by atoms with van der Waals surface area (Å²) in [6.07, 6.45) is 0. The Hall–Kier alpha value is -2.45. The summed E-state index contributed by atoms with van der Waals surface area (Å²) < 4.78 is 6.72. The molecule has 26 heavy (non-hydrogen) atoms. The van der Waals surface area contributed by atoms with Crippen molar-refractivity contribution in [2.45, 2.75) is 17.8 Å². The van der Waals surface area contributed by atoms with Crippen molar-refractivity contribution in [3.05, 3.63) is 64.5 Å². The molecule has 8 heteroatoms. The van der Waals surface area contributed by atoms with Gasteiger partial charge in [0, 0.05) is 15.6 Å². The molecule has 0 fully saturated rings. The lowest BCUT2D eigenvalue weighted by Gasteiger charge is -1.96. The first-order valence-electron chi connectivity index (χ1n) is 7.88. The van der Waals surface area contributed by atoms with Gasteiger partial charge in [-0.2, -0.15) is 0 Å². The molecule has 0 saturated heterocycles. The normalized spacial score (nSPS) is 11.0. The van der Waals surface area contributed by atoms with Gasteiger partial charge < -0.3 is 4.42 Å². The Balaban J connectivity index is 1.42. The average molecular weight is 428 g/mol. The van der Waals surface area contributed by atoms with E-state index in [1.807, 2.05) is 48.5 Å². The van der Waals surface area contributed by atoms with E-state index in [1.54, 1.807) is 0 Å². The standard InChI is InChI=1S/C18H14BrN5OS/c1-11-2-4-12(5-3-11)16-20-18(24-22-16)26-10-15-21-23-17(25-15)13-6-8-14(19)9-7-13/h2-9H,10H2,1H3,(H,20,22,24). The highest BCUT2D eigenvalue weighted by Crippen LogP contribution is 2.25. The Morgan fingerprint density at radius 1 is 1.00 bits per heavy atom. The topological polar surface area (TPSA) is 80.5 Å². The highest BCUT2D eigenvalue weighted by Gasteiger charge is 2.11. The lowest BCUT2D eigenvalue weighted by molar-refractivity contribution is 0.528. The third-order valence-electron chi connectivity index (χ3n) is 3.67. The summed E-state index contributed by atoms with van der Waals surface area (Å²) in [7, 11) is 0. The Morgan fingerprint density at radius 3 is 2.50 bits per heavy atom. The molecule has 0 amide bonds. The molecule has 0 aliphatic heterocycles. The minimum atomic E-state index is 0.503. The number of hydrogen-bond acceptors (Lipinski definition) is 6. The zero-order chi connectivity index (χ0) is 17.9. The van der Waals surface area contributed by atoms with E-state index in [-0.39, 0.29) is 0 Å². The number of halogens is 1. The van der Waals surface area contributed by atoms with Crippen molar-refractivity contribution in [1.82, 2.24) is 25.4 Å². The first-order valence-corrected chi connectivity index (χ1v) is 9.66. The number of rotatable bonds is 5. The molecule has 1 N–H and O–H groups in total. The van der Waals surface area contributed by atoms with Gasteiger partial charge in [0.15, 0.2) is 5.82 Å². The molecule has 0 spiro atoms. The molecule has 0 atom stereocenters. The lowest BCUT2D eigenvalue weighted by Crippen LogP contribution is -1.82. The van der Waals surface area contributed by atoms with E-state index in [0.29, 0.717) is 22.7 Å². The van der Waals surface area contributed by atoms with Gasteiger partial charge in [0.2, 0.25) is 16.9 Å². The number of H-pyrrole nitrogens is 1. The number of aromatic amines is 1. The van der Waals surface area contributed by atoms with Crippen LogP contribution in [0.4, 0.5) is 0 Å².